The molecule has 7 heteroatoms. The maximum atomic E-state index is 11.6. The van der Waals surface area contributed by atoms with Gasteiger partial charge in [-0.05, 0) is 31.8 Å². The van der Waals surface area contributed by atoms with Gasteiger partial charge in [-0.25, -0.2) is 4.79 Å². The summed E-state index contributed by atoms with van der Waals surface area (Å²) >= 11 is 0. The van der Waals surface area contributed by atoms with Crippen molar-refractivity contribution in [3.63, 3.8) is 0 Å². The van der Waals surface area contributed by atoms with E-state index in [-0.39, 0.29) is 12.3 Å². The highest BCUT2D eigenvalue weighted by atomic mass is 16.4. The second-order valence-electron chi connectivity index (χ2n) is 4.45. The summed E-state index contributed by atoms with van der Waals surface area (Å²) in [5.74, 6) is -2.72. The van der Waals surface area contributed by atoms with E-state index in [0.717, 1.165) is 25.9 Å². The molecule has 1 rings (SSSR count). The van der Waals surface area contributed by atoms with Crippen molar-refractivity contribution in [2.45, 2.75) is 31.7 Å². The normalized spacial score (nSPS) is 18.0. The number of hydrogen-bond donors (Lipinski definition) is 4. The molecule has 1 amide bonds. The summed E-state index contributed by atoms with van der Waals surface area (Å²) in [6.07, 6.45) is 1.41. The number of hydrogen-bond acceptors (Lipinski definition) is 4. The molecule has 0 spiro atoms. The van der Waals surface area contributed by atoms with Gasteiger partial charge in [0.05, 0.1) is 6.42 Å². The standard InChI is InChI=1S/C11H18N2O5/c14-9(5-7-1-3-12-4-2-7)13-8(11(17)18)6-10(15)16/h7-8,12H,1-6H2,(H,13,14)(H,15,16)(H,17,18). The Morgan fingerprint density at radius 3 is 2.33 bits per heavy atom. The highest BCUT2D eigenvalue weighted by molar-refractivity contribution is 5.86. The van der Waals surface area contributed by atoms with Crippen molar-refractivity contribution in [1.82, 2.24) is 10.6 Å². The Morgan fingerprint density at radius 2 is 1.83 bits per heavy atom. The van der Waals surface area contributed by atoms with Gasteiger partial charge in [-0.3, -0.25) is 9.59 Å². The average molecular weight is 258 g/mol. The van der Waals surface area contributed by atoms with Crippen molar-refractivity contribution in [2.75, 3.05) is 13.1 Å². The van der Waals surface area contributed by atoms with Crippen LogP contribution < -0.4 is 10.6 Å². The predicted octanol–water partition coefficient (Wildman–Crippen LogP) is -0.580. The lowest BCUT2D eigenvalue weighted by molar-refractivity contribution is -0.147. The third-order valence-electron chi connectivity index (χ3n) is 2.94. The van der Waals surface area contributed by atoms with E-state index >= 15 is 0 Å². The lowest BCUT2D eigenvalue weighted by atomic mass is 9.94. The van der Waals surface area contributed by atoms with Crippen LogP contribution in [-0.2, 0) is 14.4 Å². The van der Waals surface area contributed by atoms with Crippen LogP contribution in [0.5, 0.6) is 0 Å². The van der Waals surface area contributed by atoms with Crippen LogP contribution in [0.15, 0.2) is 0 Å². The Balaban J connectivity index is 2.40. The van der Waals surface area contributed by atoms with Crippen LogP contribution in [0.3, 0.4) is 0 Å². The molecule has 1 saturated heterocycles. The molecule has 18 heavy (non-hydrogen) atoms. The van der Waals surface area contributed by atoms with Gasteiger partial charge in [-0.1, -0.05) is 0 Å². The third-order valence-corrected chi connectivity index (χ3v) is 2.94. The molecule has 0 saturated carbocycles. The minimum atomic E-state index is -1.35. The maximum absolute atomic E-state index is 11.6. The van der Waals surface area contributed by atoms with Crippen LogP contribution in [0.4, 0.5) is 0 Å². The Kier molecular flexibility index (Phi) is 5.57. The van der Waals surface area contributed by atoms with Gasteiger partial charge < -0.3 is 20.8 Å². The topological polar surface area (TPSA) is 116 Å². The van der Waals surface area contributed by atoms with Crippen LogP contribution in [0.2, 0.25) is 0 Å². The SMILES string of the molecule is O=C(O)CC(NC(=O)CC1CCNCC1)C(=O)O. The van der Waals surface area contributed by atoms with Crippen molar-refractivity contribution in [3.8, 4) is 0 Å². The zero-order valence-corrected chi connectivity index (χ0v) is 10.0. The molecular formula is C11H18N2O5. The highest BCUT2D eigenvalue weighted by Gasteiger charge is 2.24. The molecule has 1 fully saturated rings. The molecule has 0 radical (unpaired) electrons. The number of carboxylic acid groups (broad SMARTS) is 2. The molecule has 4 N–H and O–H groups in total. The molecule has 0 aromatic heterocycles. The first-order valence-corrected chi connectivity index (χ1v) is 5.93. The molecule has 1 heterocycles. The summed E-state index contributed by atoms with van der Waals surface area (Å²) in [5, 5.41) is 22.8. The van der Waals surface area contributed by atoms with Gasteiger partial charge >= 0.3 is 11.9 Å². The Bertz CT molecular complexity index is 325. The first kappa shape index (κ1) is 14.4. The van der Waals surface area contributed by atoms with E-state index in [2.05, 4.69) is 10.6 Å². The minimum Gasteiger partial charge on any atom is -0.481 e. The second-order valence-corrected chi connectivity index (χ2v) is 4.45. The van der Waals surface area contributed by atoms with Crippen molar-refractivity contribution in [3.05, 3.63) is 0 Å². The summed E-state index contributed by atoms with van der Waals surface area (Å²) in [6, 6.07) is -1.35. The van der Waals surface area contributed by atoms with Gasteiger partial charge in [0.1, 0.15) is 6.04 Å². The summed E-state index contributed by atoms with van der Waals surface area (Å²) in [4.78, 5) is 32.9. The Morgan fingerprint density at radius 1 is 1.22 bits per heavy atom. The van der Waals surface area contributed by atoms with Gasteiger partial charge in [0.2, 0.25) is 5.91 Å². The molecule has 0 aromatic carbocycles. The van der Waals surface area contributed by atoms with Crippen LogP contribution in [0, 0.1) is 5.92 Å². The molecule has 0 bridgehead atoms. The maximum Gasteiger partial charge on any atom is 0.326 e. The van der Waals surface area contributed by atoms with E-state index in [0.29, 0.717) is 0 Å². The molecule has 1 unspecified atom stereocenters. The fraction of sp³-hybridized carbons (Fsp3) is 0.727. The Hall–Kier alpha value is -1.63. The lowest BCUT2D eigenvalue weighted by Crippen LogP contribution is -2.43. The minimum absolute atomic E-state index is 0.241. The average Bonchev–Trinajstić information content (AvgIpc) is 2.28. The van der Waals surface area contributed by atoms with Crippen LogP contribution >= 0.6 is 0 Å². The summed E-state index contributed by atoms with van der Waals surface area (Å²) in [7, 11) is 0. The predicted molar refractivity (Wildman–Crippen MR) is 62.0 cm³/mol. The number of amides is 1. The number of aliphatic carboxylic acids is 2. The fourth-order valence-corrected chi connectivity index (χ4v) is 1.98. The molecule has 1 atom stereocenters. The Labute approximate surface area is 105 Å². The molecule has 7 nitrogen and oxygen atoms in total. The number of rotatable bonds is 6. The summed E-state index contributed by atoms with van der Waals surface area (Å²) in [6.45, 7) is 1.71. The smallest absolute Gasteiger partial charge is 0.326 e. The lowest BCUT2D eigenvalue weighted by Gasteiger charge is -2.22. The van der Waals surface area contributed by atoms with E-state index in [9.17, 15) is 14.4 Å². The third kappa shape index (κ3) is 5.13. The van der Waals surface area contributed by atoms with Gasteiger partial charge in [0, 0.05) is 6.42 Å². The van der Waals surface area contributed by atoms with E-state index in [4.69, 9.17) is 10.2 Å². The van der Waals surface area contributed by atoms with Gasteiger partial charge in [0.25, 0.3) is 0 Å². The van der Waals surface area contributed by atoms with Crippen LogP contribution in [0.25, 0.3) is 0 Å². The number of carbonyl (C=O) groups is 3. The zero-order chi connectivity index (χ0) is 13.5. The van der Waals surface area contributed by atoms with E-state index in [1.807, 2.05) is 0 Å². The van der Waals surface area contributed by atoms with Gasteiger partial charge in [-0.15, -0.1) is 0 Å². The van der Waals surface area contributed by atoms with E-state index in [1.54, 1.807) is 0 Å². The van der Waals surface area contributed by atoms with Gasteiger partial charge in [0.15, 0.2) is 0 Å². The summed E-state index contributed by atoms with van der Waals surface area (Å²) < 4.78 is 0. The van der Waals surface area contributed by atoms with Gasteiger partial charge in [-0.2, -0.15) is 0 Å². The van der Waals surface area contributed by atoms with Crippen molar-refractivity contribution < 1.29 is 24.6 Å². The highest BCUT2D eigenvalue weighted by Crippen LogP contribution is 2.15. The largest absolute Gasteiger partial charge is 0.481 e. The number of carboxylic acids is 2. The van der Waals surface area contributed by atoms with Crippen molar-refractivity contribution in [2.24, 2.45) is 5.92 Å². The second kappa shape index (κ2) is 6.95. The molecule has 0 aliphatic carbocycles. The number of piperidine rings is 1. The quantitative estimate of drug-likeness (QED) is 0.506. The first-order chi connectivity index (χ1) is 8.49. The molecule has 1 aliphatic heterocycles. The monoisotopic (exact) mass is 258 g/mol. The zero-order valence-electron chi connectivity index (χ0n) is 10.0. The summed E-state index contributed by atoms with van der Waals surface area (Å²) in [5.41, 5.74) is 0. The number of nitrogens with one attached hydrogen (secondary N) is 2. The molecule has 1 aliphatic rings. The van der Waals surface area contributed by atoms with Crippen LogP contribution in [0.1, 0.15) is 25.7 Å². The first-order valence-electron chi connectivity index (χ1n) is 5.93. The number of carbonyl (C=O) groups excluding carboxylic acids is 1. The fourth-order valence-electron chi connectivity index (χ4n) is 1.98. The van der Waals surface area contributed by atoms with Crippen molar-refractivity contribution >= 4 is 17.8 Å². The van der Waals surface area contributed by atoms with E-state index in [1.165, 1.54) is 0 Å². The molecule has 102 valence electrons. The van der Waals surface area contributed by atoms with Crippen LogP contribution in [-0.4, -0.2) is 47.2 Å². The molecule has 0 aromatic rings. The molecular weight excluding hydrogens is 240 g/mol. The van der Waals surface area contributed by atoms with E-state index < -0.39 is 30.3 Å². The van der Waals surface area contributed by atoms with Crippen molar-refractivity contribution in [1.29, 1.82) is 0 Å².